The van der Waals surface area contributed by atoms with Crippen LogP contribution in [0.3, 0.4) is 0 Å². The van der Waals surface area contributed by atoms with Crippen LogP contribution >= 0.6 is 0 Å². The predicted molar refractivity (Wildman–Crippen MR) is 156 cm³/mol. The number of hydrogen-bond donors (Lipinski definition) is 0. The van der Waals surface area contributed by atoms with Crippen molar-refractivity contribution in [1.29, 1.82) is 0 Å². The number of rotatable bonds is 12. The van der Waals surface area contributed by atoms with E-state index in [9.17, 15) is 0 Å². The predicted octanol–water partition coefficient (Wildman–Crippen LogP) is 12.6. The summed E-state index contributed by atoms with van der Waals surface area (Å²) < 4.78 is 1.20. The van der Waals surface area contributed by atoms with Crippen molar-refractivity contribution in [2.75, 3.05) is 0 Å². The minimum atomic E-state index is -1.31. The molecule has 0 heterocycles. The van der Waals surface area contributed by atoms with Crippen LogP contribution in [-0.2, 0) is 14.1 Å². The Morgan fingerprint density at radius 2 is 0.588 bits per heavy atom. The van der Waals surface area contributed by atoms with Crippen LogP contribution in [0.25, 0.3) is 0 Å². The Labute approximate surface area is 223 Å². The number of hydrogen-bond acceptors (Lipinski definition) is 0. The summed E-state index contributed by atoms with van der Waals surface area (Å²) in [6.07, 6.45) is 8.11. The molecule has 0 nitrogen and oxygen atoms in total. The Hall–Kier alpha value is 0.532. The molecule has 0 aliphatic heterocycles. The van der Waals surface area contributed by atoms with E-state index in [-0.39, 0.29) is 0 Å². The second-order valence-corrected chi connectivity index (χ2v) is 20.5. The third-order valence-electron chi connectivity index (χ3n) is 9.20. The topological polar surface area (TPSA) is 0 Å². The van der Waals surface area contributed by atoms with Crippen molar-refractivity contribution in [2.24, 2.45) is 34.0 Å². The van der Waals surface area contributed by atoms with E-state index in [0.29, 0.717) is 29.1 Å². The summed E-state index contributed by atoms with van der Waals surface area (Å²) >= 11 is -1.31. The van der Waals surface area contributed by atoms with Gasteiger partial charge in [-0.25, -0.2) is 0 Å². The molecule has 0 fully saturated rings. The summed E-state index contributed by atoms with van der Waals surface area (Å²) in [6, 6.07) is 0. The summed E-state index contributed by atoms with van der Waals surface area (Å²) in [5, 5.41) is 0. The minimum absolute atomic E-state index is 0.294. The fraction of sp³-hybridized carbons (Fsp3) is 1.00. The first-order valence-corrected chi connectivity index (χ1v) is 16.7. The van der Waals surface area contributed by atoms with E-state index in [4.69, 9.17) is 0 Å². The Morgan fingerprint density at radius 1 is 0.412 bits per heavy atom. The maximum atomic E-state index is 2.62. The molecule has 0 aromatic heterocycles. The first-order chi connectivity index (χ1) is 15.0. The molecule has 0 saturated heterocycles. The van der Waals surface area contributed by atoms with E-state index in [1.165, 1.54) is 38.5 Å². The van der Waals surface area contributed by atoms with Gasteiger partial charge in [0.1, 0.15) is 0 Å². The Kier molecular flexibility index (Phi) is 12.1. The van der Waals surface area contributed by atoms with Crippen molar-refractivity contribution in [1.82, 2.24) is 0 Å². The monoisotopic (exact) mass is 517 g/mol. The van der Waals surface area contributed by atoms with Gasteiger partial charge in [0.2, 0.25) is 0 Å². The van der Waals surface area contributed by atoms with Gasteiger partial charge in [-0.15, -0.1) is 0 Å². The van der Waals surface area contributed by atoms with Crippen molar-refractivity contribution in [3.8, 4) is 0 Å². The molecule has 0 rings (SSSR count). The SMILES string of the molecule is CC[C](CC(C)C)([Cr]([C](CC)(CC(C)C)C(C)(C)C)[C](CC)(CC(C)C)C(C)(C)C)C(C)(C)C. The summed E-state index contributed by atoms with van der Waals surface area (Å²) in [4.78, 5) is 0. The molecule has 0 saturated carbocycles. The van der Waals surface area contributed by atoms with Crippen molar-refractivity contribution < 1.29 is 14.1 Å². The van der Waals surface area contributed by atoms with Crippen LogP contribution in [0, 0.1) is 34.0 Å². The molecule has 3 atom stereocenters. The zero-order chi connectivity index (χ0) is 27.6. The van der Waals surface area contributed by atoms with Gasteiger partial charge >= 0.3 is 224 Å². The van der Waals surface area contributed by atoms with Crippen molar-refractivity contribution in [2.45, 2.75) is 176 Å². The zero-order valence-corrected chi connectivity index (χ0v) is 28.7. The van der Waals surface area contributed by atoms with Crippen molar-refractivity contribution >= 4 is 0 Å². The molecule has 0 spiro atoms. The molecule has 34 heavy (non-hydrogen) atoms. The van der Waals surface area contributed by atoms with Gasteiger partial charge in [-0.3, -0.25) is 0 Å². The fourth-order valence-electron chi connectivity index (χ4n) is 7.64. The van der Waals surface area contributed by atoms with Crippen LogP contribution in [0.15, 0.2) is 0 Å². The molecule has 0 N–H and O–H groups in total. The maximum absolute atomic E-state index is 2.62. The van der Waals surface area contributed by atoms with Crippen molar-refractivity contribution in [3.05, 3.63) is 0 Å². The molecule has 207 valence electrons. The average Bonchev–Trinajstić information content (AvgIpc) is 2.61. The second kappa shape index (κ2) is 11.9. The molecule has 3 unspecified atom stereocenters. The second-order valence-electron chi connectivity index (χ2n) is 15.9. The van der Waals surface area contributed by atoms with Crippen LogP contribution in [0.1, 0.15) is 163 Å². The normalized spacial score (nSPS) is 19.6. The van der Waals surface area contributed by atoms with Gasteiger partial charge in [-0.2, -0.15) is 0 Å². The first-order valence-electron chi connectivity index (χ1n) is 14.8. The van der Waals surface area contributed by atoms with Crippen LogP contribution in [-0.4, -0.2) is 0 Å². The fourth-order valence-corrected chi connectivity index (χ4v) is 17.7. The zero-order valence-electron chi connectivity index (χ0n) is 27.4. The van der Waals surface area contributed by atoms with Gasteiger partial charge < -0.3 is 0 Å². The molecule has 1 heteroatoms. The first kappa shape index (κ1) is 34.5. The Balaban J connectivity index is 8.22. The van der Waals surface area contributed by atoms with Gasteiger partial charge in [-0.1, -0.05) is 0 Å². The average molecular weight is 518 g/mol. The van der Waals surface area contributed by atoms with E-state index < -0.39 is 14.1 Å². The van der Waals surface area contributed by atoms with E-state index in [0.717, 1.165) is 17.8 Å². The molecule has 0 aromatic carbocycles. The molecule has 0 radical (unpaired) electrons. The quantitative estimate of drug-likeness (QED) is 0.241. The molecule has 0 aliphatic carbocycles. The Morgan fingerprint density at radius 3 is 0.676 bits per heavy atom. The van der Waals surface area contributed by atoms with E-state index >= 15 is 0 Å². The van der Waals surface area contributed by atoms with E-state index in [2.05, 4.69) is 125 Å². The molecule has 0 amide bonds. The van der Waals surface area contributed by atoms with Gasteiger partial charge in [0.05, 0.1) is 0 Å². The molecular weight excluding hydrogens is 448 g/mol. The molecule has 0 aliphatic rings. The third kappa shape index (κ3) is 6.69. The van der Waals surface area contributed by atoms with Gasteiger partial charge in [0.25, 0.3) is 0 Å². The third-order valence-corrected chi connectivity index (χ3v) is 17.9. The summed E-state index contributed by atoms with van der Waals surface area (Å²) in [5.41, 5.74) is 0.881. The van der Waals surface area contributed by atoms with E-state index in [1.807, 2.05) is 0 Å². The summed E-state index contributed by atoms with van der Waals surface area (Å²) in [5.74, 6) is 2.19. The molecule has 0 bridgehead atoms. The van der Waals surface area contributed by atoms with E-state index in [1.54, 1.807) is 0 Å². The van der Waals surface area contributed by atoms with Gasteiger partial charge in [0, 0.05) is 0 Å². The summed E-state index contributed by atoms with van der Waals surface area (Å²) in [6.45, 7) is 46.3. The van der Waals surface area contributed by atoms with Crippen LogP contribution in [0.4, 0.5) is 0 Å². The van der Waals surface area contributed by atoms with Crippen molar-refractivity contribution in [3.63, 3.8) is 0 Å². The summed E-state index contributed by atoms with van der Waals surface area (Å²) in [7, 11) is 0. The Bertz CT molecular complexity index is 508. The molecular formula is C33H69Cr. The van der Waals surface area contributed by atoms with Crippen LogP contribution < -0.4 is 0 Å². The molecule has 0 aromatic rings. The van der Waals surface area contributed by atoms with Gasteiger partial charge in [0.15, 0.2) is 0 Å². The van der Waals surface area contributed by atoms with Crippen LogP contribution in [0.2, 0.25) is 12.8 Å². The van der Waals surface area contributed by atoms with Crippen LogP contribution in [0.5, 0.6) is 0 Å². The standard InChI is InChI=1S/3C11H23.Cr/c3*1-7-10(8-9(2)3)11(4,5)6;/h3*9H,7-8H2,1-6H3;. The van der Waals surface area contributed by atoms with Gasteiger partial charge in [-0.05, 0) is 0 Å².